The molecule has 0 saturated carbocycles. The van der Waals surface area contributed by atoms with Gasteiger partial charge in [-0.3, -0.25) is 0 Å². The molecule has 0 aliphatic rings. The first-order valence-corrected chi connectivity index (χ1v) is 7.78. The van der Waals surface area contributed by atoms with Gasteiger partial charge in [0, 0.05) is 10.5 Å². The zero-order chi connectivity index (χ0) is 15.2. The lowest BCUT2D eigenvalue weighted by atomic mass is 10.1. The molecule has 0 heterocycles. The molecular weight excluding hydrogens is 330 g/mol. The van der Waals surface area contributed by atoms with E-state index in [1.807, 2.05) is 36.4 Å². The lowest BCUT2D eigenvalue weighted by molar-refractivity contribution is 0.413. The maximum Gasteiger partial charge on any atom is 0.128 e. The minimum absolute atomic E-state index is 0.305. The Morgan fingerprint density at radius 3 is 2.24 bits per heavy atom. The van der Waals surface area contributed by atoms with Gasteiger partial charge in [0.1, 0.15) is 17.2 Å². The normalized spacial score (nSPS) is 12.0. The lowest BCUT2D eigenvalue weighted by Gasteiger charge is -2.15. The zero-order valence-electron chi connectivity index (χ0n) is 12.5. The molecule has 1 atom stereocenters. The van der Waals surface area contributed by atoms with Crippen LogP contribution in [0.5, 0.6) is 17.2 Å². The maximum absolute atomic E-state index is 5.85. The van der Waals surface area contributed by atoms with Gasteiger partial charge in [-0.2, -0.15) is 0 Å². The van der Waals surface area contributed by atoms with E-state index in [1.165, 1.54) is 5.56 Å². The van der Waals surface area contributed by atoms with E-state index >= 15 is 0 Å². The summed E-state index contributed by atoms with van der Waals surface area (Å²) in [5, 5.41) is 3.40. The standard InChI is InChI=1S/C17H20BrNO2/c1-4-19-12(2)16-10-9-15(11-17(16)18)21-14-7-5-13(20-3)6-8-14/h5-12,19H,4H2,1-3H3. The molecule has 3 nitrogen and oxygen atoms in total. The monoisotopic (exact) mass is 349 g/mol. The number of benzene rings is 2. The summed E-state index contributed by atoms with van der Waals surface area (Å²) >= 11 is 3.61. The summed E-state index contributed by atoms with van der Waals surface area (Å²) in [6, 6.07) is 13.9. The molecule has 0 fully saturated rings. The number of hydrogen-bond acceptors (Lipinski definition) is 3. The third kappa shape index (κ3) is 4.22. The van der Waals surface area contributed by atoms with Crippen LogP contribution in [0.4, 0.5) is 0 Å². The minimum atomic E-state index is 0.305. The summed E-state index contributed by atoms with van der Waals surface area (Å²) < 4.78 is 12.0. The number of methoxy groups -OCH3 is 1. The Bertz CT molecular complexity index is 584. The summed E-state index contributed by atoms with van der Waals surface area (Å²) in [7, 11) is 1.65. The molecule has 2 aromatic rings. The molecule has 1 unspecified atom stereocenters. The maximum atomic E-state index is 5.85. The third-order valence-corrected chi connectivity index (χ3v) is 3.93. The molecule has 0 bridgehead atoms. The van der Waals surface area contributed by atoms with Crippen molar-refractivity contribution < 1.29 is 9.47 Å². The predicted octanol–water partition coefficient (Wildman–Crippen LogP) is 4.92. The second-order valence-electron chi connectivity index (χ2n) is 4.74. The first-order chi connectivity index (χ1) is 10.1. The van der Waals surface area contributed by atoms with Crippen LogP contribution in [0.15, 0.2) is 46.9 Å². The topological polar surface area (TPSA) is 30.5 Å². The first kappa shape index (κ1) is 15.9. The highest BCUT2D eigenvalue weighted by atomic mass is 79.9. The van der Waals surface area contributed by atoms with Gasteiger partial charge in [0.2, 0.25) is 0 Å². The molecule has 0 aliphatic heterocycles. The van der Waals surface area contributed by atoms with Crippen molar-refractivity contribution in [1.82, 2.24) is 5.32 Å². The van der Waals surface area contributed by atoms with Crippen LogP contribution in [-0.2, 0) is 0 Å². The Balaban J connectivity index is 2.12. The number of halogens is 1. The number of rotatable bonds is 6. The van der Waals surface area contributed by atoms with Crippen molar-refractivity contribution in [2.75, 3.05) is 13.7 Å². The molecule has 2 rings (SSSR count). The van der Waals surface area contributed by atoms with Gasteiger partial charge in [0.25, 0.3) is 0 Å². The zero-order valence-corrected chi connectivity index (χ0v) is 14.1. The predicted molar refractivity (Wildman–Crippen MR) is 89.3 cm³/mol. The smallest absolute Gasteiger partial charge is 0.128 e. The molecule has 2 aromatic carbocycles. The van der Waals surface area contributed by atoms with Gasteiger partial charge in [0.05, 0.1) is 7.11 Å². The lowest BCUT2D eigenvalue weighted by Crippen LogP contribution is -2.17. The highest BCUT2D eigenvalue weighted by Gasteiger charge is 2.09. The Hall–Kier alpha value is -1.52. The second-order valence-corrected chi connectivity index (χ2v) is 5.59. The van der Waals surface area contributed by atoms with E-state index in [2.05, 4.69) is 41.2 Å². The molecule has 0 spiro atoms. The molecular formula is C17H20BrNO2. The Kier molecular flexibility index (Phi) is 5.65. The summed E-state index contributed by atoms with van der Waals surface area (Å²) in [4.78, 5) is 0. The average Bonchev–Trinajstić information content (AvgIpc) is 2.48. The van der Waals surface area contributed by atoms with Crippen LogP contribution in [0.25, 0.3) is 0 Å². The highest BCUT2D eigenvalue weighted by molar-refractivity contribution is 9.10. The molecule has 1 N–H and O–H groups in total. The van der Waals surface area contributed by atoms with Crippen LogP contribution in [0.1, 0.15) is 25.5 Å². The largest absolute Gasteiger partial charge is 0.497 e. The Morgan fingerprint density at radius 2 is 1.67 bits per heavy atom. The van der Waals surface area contributed by atoms with Crippen LogP contribution in [0.3, 0.4) is 0 Å². The molecule has 0 aromatic heterocycles. The van der Waals surface area contributed by atoms with Crippen molar-refractivity contribution in [3.05, 3.63) is 52.5 Å². The van der Waals surface area contributed by atoms with Crippen LogP contribution in [0, 0.1) is 0 Å². The second kappa shape index (κ2) is 7.48. The summed E-state index contributed by atoms with van der Waals surface area (Å²) in [6.07, 6.45) is 0. The fraction of sp³-hybridized carbons (Fsp3) is 0.294. The van der Waals surface area contributed by atoms with E-state index in [1.54, 1.807) is 7.11 Å². The van der Waals surface area contributed by atoms with Crippen molar-refractivity contribution in [2.45, 2.75) is 19.9 Å². The van der Waals surface area contributed by atoms with E-state index in [9.17, 15) is 0 Å². The van der Waals surface area contributed by atoms with Crippen LogP contribution < -0.4 is 14.8 Å². The van der Waals surface area contributed by atoms with Gasteiger partial charge in [-0.25, -0.2) is 0 Å². The molecule has 0 radical (unpaired) electrons. The van der Waals surface area contributed by atoms with Crippen molar-refractivity contribution in [1.29, 1.82) is 0 Å². The number of nitrogens with one attached hydrogen (secondary N) is 1. The molecule has 21 heavy (non-hydrogen) atoms. The van der Waals surface area contributed by atoms with Gasteiger partial charge in [-0.15, -0.1) is 0 Å². The number of hydrogen-bond donors (Lipinski definition) is 1. The van der Waals surface area contributed by atoms with E-state index in [0.29, 0.717) is 6.04 Å². The molecule has 0 aliphatic carbocycles. The van der Waals surface area contributed by atoms with Crippen molar-refractivity contribution >= 4 is 15.9 Å². The van der Waals surface area contributed by atoms with E-state index in [-0.39, 0.29) is 0 Å². The quantitative estimate of drug-likeness (QED) is 0.802. The van der Waals surface area contributed by atoms with Crippen molar-refractivity contribution in [3.63, 3.8) is 0 Å². The summed E-state index contributed by atoms with van der Waals surface area (Å²) in [6.45, 7) is 5.19. The summed E-state index contributed by atoms with van der Waals surface area (Å²) in [5.41, 5.74) is 1.22. The average molecular weight is 350 g/mol. The molecule has 4 heteroatoms. The van der Waals surface area contributed by atoms with Crippen LogP contribution >= 0.6 is 15.9 Å². The van der Waals surface area contributed by atoms with Gasteiger partial charge < -0.3 is 14.8 Å². The summed E-state index contributed by atoms with van der Waals surface area (Å²) in [5.74, 6) is 2.41. The molecule has 0 amide bonds. The van der Waals surface area contributed by atoms with Gasteiger partial charge >= 0.3 is 0 Å². The Morgan fingerprint density at radius 1 is 1.05 bits per heavy atom. The highest BCUT2D eigenvalue weighted by Crippen LogP contribution is 2.30. The minimum Gasteiger partial charge on any atom is -0.497 e. The van der Waals surface area contributed by atoms with Gasteiger partial charge in [-0.05, 0) is 55.4 Å². The van der Waals surface area contributed by atoms with E-state index in [4.69, 9.17) is 9.47 Å². The fourth-order valence-electron chi connectivity index (χ4n) is 2.12. The first-order valence-electron chi connectivity index (χ1n) is 6.98. The van der Waals surface area contributed by atoms with Crippen molar-refractivity contribution in [2.24, 2.45) is 0 Å². The van der Waals surface area contributed by atoms with Gasteiger partial charge in [-0.1, -0.05) is 28.9 Å². The third-order valence-electron chi connectivity index (χ3n) is 3.24. The molecule has 112 valence electrons. The SMILES string of the molecule is CCNC(C)c1ccc(Oc2ccc(OC)cc2)cc1Br. The van der Waals surface area contributed by atoms with Crippen molar-refractivity contribution in [3.8, 4) is 17.2 Å². The van der Waals surface area contributed by atoms with Gasteiger partial charge in [0.15, 0.2) is 0 Å². The Labute approximate surface area is 134 Å². The molecule has 0 saturated heterocycles. The van der Waals surface area contributed by atoms with E-state index < -0.39 is 0 Å². The number of ether oxygens (including phenoxy) is 2. The van der Waals surface area contributed by atoms with Crippen LogP contribution in [-0.4, -0.2) is 13.7 Å². The van der Waals surface area contributed by atoms with E-state index in [0.717, 1.165) is 28.3 Å². The fourth-order valence-corrected chi connectivity index (χ4v) is 2.82. The van der Waals surface area contributed by atoms with Crippen LogP contribution in [0.2, 0.25) is 0 Å².